The van der Waals surface area contributed by atoms with Crippen LogP contribution >= 0.6 is 0 Å². The second-order valence-electron chi connectivity index (χ2n) is 16.8. The van der Waals surface area contributed by atoms with Crippen LogP contribution in [0.25, 0.3) is 0 Å². The Kier molecular flexibility index (Phi) is 4.83. The first-order valence-corrected chi connectivity index (χ1v) is 15.1. The van der Waals surface area contributed by atoms with Gasteiger partial charge in [0.15, 0.2) is 0 Å². The Morgan fingerprint density at radius 1 is 0.889 bits per heavy atom. The number of aliphatic carboxylic acids is 1. The molecule has 2 N–H and O–H groups in total. The smallest absolute Gasteiger partial charge is 0.310 e. The van der Waals surface area contributed by atoms with Crippen molar-refractivity contribution < 1.29 is 15.0 Å². The Labute approximate surface area is 219 Å². The summed E-state index contributed by atoms with van der Waals surface area (Å²) in [4.78, 5) is 12.9. The first-order valence-electron chi connectivity index (χ1n) is 15.1. The minimum atomic E-state index is -0.980. The van der Waals surface area contributed by atoms with Crippen LogP contribution in [-0.2, 0) is 4.79 Å². The lowest BCUT2D eigenvalue weighted by Crippen LogP contribution is -2.67. The molecule has 5 fully saturated rings. The molecule has 6 aliphatic carbocycles. The average Bonchev–Trinajstić information content (AvgIpc) is 3.31. The van der Waals surface area contributed by atoms with Crippen molar-refractivity contribution in [2.45, 2.75) is 119 Å². The number of fused-ring (bicyclic) bond motifs is 8. The molecule has 0 aromatic rings. The van der Waals surface area contributed by atoms with Crippen LogP contribution in [0.5, 0.6) is 0 Å². The predicted molar refractivity (Wildman–Crippen MR) is 144 cm³/mol. The van der Waals surface area contributed by atoms with Gasteiger partial charge >= 0.3 is 5.97 Å². The molecule has 0 saturated heterocycles. The van der Waals surface area contributed by atoms with Gasteiger partial charge in [0.25, 0.3) is 0 Å². The number of carbonyl (C=O) groups is 1. The molecule has 0 unspecified atom stereocenters. The number of hydrogen-bond acceptors (Lipinski definition) is 2. The third-order valence-corrected chi connectivity index (χ3v) is 15.2. The Balaban J connectivity index is 1.48. The molecule has 3 heteroatoms. The lowest BCUT2D eigenvalue weighted by molar-refractivity contribution is -0.208. The Bertz CT molecular complexity index is 1040. The molecular weight excluding hydrogens is 444 g/mol. The third kappa shape index (κ3) is 2.59. The van der Waals surface area contributed by atoms with Crippen LogP contribution in [-0.4, -0.2) is 21.8 Å². The predicted octanol–water partition coefficient (Wildman–Crippen LogP) is 7.73. The molecule has 0 heterocycles. The monoisotopic (exact) mass is 496 g/mol. The molecule has 0 bridgehead atoms. The number of hydrogen-bond donors (Lipinski definition) is 2. The van der Waals surface area contributed by atoms with E-state index in [0.29, 0.717) is 35.0 Å². The van der Waals surface area contributed by atoms with Crippen molar-refractivity contribution in [2.24, 2.45) is 68.0 Å². The molecule has 0 spiro atoms. The highest BCUT2D eigenvalue weighted by Crippen LogP contribution is 2.82. The molecular formula is C33H52O3. The van der Waals surface area contributed by atoms with Crippen molar-refractivity contribution in [3.05, 3.63) is 11.6 Å². The summed E-state index contributed by atoms with van der Waals surface area (Å²) in [6.45, 7) is 22.0. The van der Waals surface area contributed by atoms with E-state index in [-0.39, 0.29) is 22.7 Å². The maximum absolute atomic E-state index is 12.9. The van der Waals surface area contributed by atoms with Gasteiger partial charge in [-0.15, -0.1) is 0 Å². The third-order valence-electron chi connectivity index (χ3n) is 15.2. The number of carboxylic acid groups (broad SMARTS) is 1. The van der Waals surface area contributed by atoms with Gasteiger partial charge in [-0.1, -0.05) is 67.0 Å². The van der Waals surface area contributed by atoms with Crippen LogP contribution < -0.4 is 0 Å². The van der Waals surface area contributed by atoms with E-state index in [2.05, 4.69) is 61.5 Å². The van der Waals surface area contributed by atoms with Gasteiger partial charge in [-0.3, -0.25) is 4.79 Å². The minimum absolute atomic E-state index is 0.0470. The summed E-state index contributed by atoms with van der Waals surface area (Å²) in [5.74, 6) is 2.22. The molecule has 0 aromatic carbocycles. The summed E-state index contributed by atoms with van der Waals surface area (Å²) in [6, 6.07) is 0. The number of allylic oxidation sites excluding steroid dienone is 1. The molecule has 6 aliphatic rings. The largest absolute Gasteiger partial charge is 0.481 e. The Hall–Kier alpha value is -0.830. The summed E-state index contributed by atoms with van der Waals surface area (Å²) >= 11 is 0. The van der Waals surface area contributed by atoms with E-state index in [0.717, 1.165) is 37.0 Å². The van der Waals surface area contributed by atoms with Gasteiger partial charge in [0.05, 0.1) is 11.0 Å². The standard InChI is InChI=1S/C33H52O3/c1-19-12-15-33(26(34)35)17-16-30(7)20(25(33)32(19,9)36)10-11-23-29(6)18-21-24(27(21,2)3)28(4,5)22(29)13-14-31(23,30)8/h10,19,21-25,36H,11-18H2,1-9H3,(H,34,35)/t19-,21-,22+,23-,24+,25-,29+,30-,31-,32-,33+/m1/s1. The Morgan fingerprint density at radius 2 is 1.56 bits per heavy atom. The number of carboxylic acids is 1. The van der Waals surface area contributed by atoms with Crippen LogP contribution in [0.2, 0.25) is 0 Å². The number of rotatable bonds is 1. The molecule has 5 saturated carbocycles. The van der Waals surface area contributed by atoms with Gasteiger partial charge < -0.3 is 10.2 Å². The van der Waals surface area contributed by atoms with Crippen molar-refractivity contribution in [3.63, 3.8) is 0 Å². The molecule has 0 aromatic heterocycles. The zero-order valence-corrected chi connectivity index (χ0v) is 24.5. The van der Waals surface area contributed by atoms with Crippen molar-refractivity contribution in [3.8, 4) is 0 Å². The summed E-state index contributed by atoms with van der Waals surface area (Å²) < 4.78 is 0. The fraction of sp³-hybridized carbons (Fsp3) is 0.909. The Morgan fingerprint density at radius 3 is 2.19 bits per heavy atom. The zero-order valence-electron chi connectivity index (χ0n) is 24.5. The van der Waals surface area contributed by atoms with Crippen molar-refractivity contribution in [1.82, 2.24) is 0 Å². The molecule has 36 heavy (non-hydrogen) atoms. The van der Waals surface area contributed by atoms with E-state index in [1.165, 1.54) is 24.8 Å². The van der Waals surface area contributed by atoms with Crippen LogP contribution in [0.1, 0.15) is 114 Å². The van der Waals surface area contributed by atoms with Crippen LogP contribution in [0.3, 0.4) is 0 Å². The van der Waals surface area contributed by atoms with Crippen LogP contribution in [0.15, 0.2) is 11.6 Å². The van der Waals surface area contributed by atoms with Crippen molar-refractivity contribution in [1.29, 1.82) is 0 Å². The van der Waals surface area contributed by atoms with E-state index < -0.39 is 17.0 Å². The highest BCUT2D eigenvalue weighted by Gasteiger charge is 2.76. The summed E-state index contributed by atoms with van der Waals surface area (Å²) in [7, 11) is 0. The van der Waals surface area contributed by atoms with E-state index in [4.69, 9.17) is 0 Å². The first kappa shape index (κ1) is 25.4. The van der Waals surface area contributed by atoms with E-state index in [9.17, 15) is 15.0 Å². The molecule has 202 valence electrons. The average molecular weight is 497 g/mol. The quantitative estimate of drug-likeness (QED) is 0.365. The fourth-order valence-electron chi connectivity index (χ4n) is 13.0. The molecule has 11 atom stereocenters. The van der Waals surface area contributed by atoms with Gasteiger partial charge in [0.1, 0.15) is 0 Å². The molecule has 3 nitrogen and oxygen atoms in total. The van der Waals surface area contributed by atoms with Gasteiger partial charge in [0, 0.05) is 5.92 Å². The van der Waals surface area contributed by atoms with Gasteiger partial charge in [0.2, 0.25) is 0 Å². The summed E-state index contributed by atoms with van der Waals surface area (Å²) in [5, 5.41) is 22.6. The molecule has 0 amide bonds. The van der Waals surface area contributed by atoms with Crippen LogP contribution in [0, 0.1) is 68.0 Å². The van der Waals surface area contributed by atoms with Crippen molar-refractivity contribution in [2.75, 3.05) is 0 Å². The van der Waals surface area contributed by atoms with E-state index in [1.54, 1.807) is 0 Å². The van der Waals surface area contributed by atoms with Gasteiger partial charge in [-0.05, 0) is 115 Å². The van der Waals surface area contributed by atoms with Crippen molar-refractivity contribution >= 4 is 5.97 Å². The summed E-state index contributed by atoms with van der Waals surface area (Å²) in [5.41, 5.74) is 0.772. The lowest BCUT2D eigenvalue weighted by Gasteiger charge is -2.71. The topological polar surface area (TPSA) is 57.5 Å². The lowest BCUT2D eigenvalue weighted by atomic mass is 9.33. The first-order chi connectivity index (χ1) is 16.4. The maximum atomic E-state index is 12.9. The highest BCUT2D eigenvalue weighted by atomic mass is 16.4. The molecule has 0 aliphatic heterocycles. The minimum Gasteiger partial charge on any atom is -0.481 e. The number of aliphatic hydroxyl groups is 1. The van der Waals surface area contributed by atoms with E-state index >= 15 is 0 Å². The highest BCUT2D eigenvalue weighted by molar-refractivity contribution is 5.77. The molecule has 0 radical (unpaired) electrons. The normalized spacial score (nSPS) is 58.2. The van der Waals surface area contributed by atoms with Crippen LogP contribution in [0.4, 0.5) is 0 Å². The summed E-state index contributed by atoms with van der Waals surface area (Å²) in [6.07, 6.45) is 10.6. The van der Waals surface area contributed by atoms with E-state index in [1.807, 2.05) is 6.92 Å². The molecule has 6 rings (SSSR count). The van der Waals surface area contributed by atoms with Gasteiger partial charge in [-0.2, -0.15) is 0 Å². The zero-order chi connectivity index (χ0) is 26.5. The second kappa shape index (κ2) is 6.83. The van der Waals surface area contributed by atoms with Gasteiger partial charge in [-0.25, -0.2) is 0 Å². The maximum Gasteiger partial charge on any atom is 0.310 e. The SMILES string of the molecule is C[C@@H]1CC[C@]2(C(=O)O)CC[C@]3(C)C(=CC[C@@H]4[C@@]5(C)C[C@@H]6[C@@H](C6(C)C)C(C)(C)[C@@H]5CC[C@]43C)[C@@H]2[C@]1(C)O. The second-order valence-corrected chi connectivity index (χ2v) is 16.8. The fourth-order valence-corrected chi connectivity index (χ4v) is 13.0.